The van der Waals surface area contributed by atoms with Gasteiger partial charge in [0.15, 0.2) is 11.5 Å². The highest BCUT2D eigenvalue weighted by Crippen LogP contribution is 2.39. The van der Waals surface area contributed by atoms with Gasteiger partial charge in [-0.1, -0.05) is 60.7 Å². The molecular formula is C28H32N2O4. The molecule has 1 amide bonds. The fourth-order valence-corrected chi connectivity index (χ4v) is 4.16. The number of rotatable bonds is 9. The van der Waals surface area contributed by atoms with Gasteiger partial charge >= 0.3 is 0 Å². The maximum atomic E-state index is 13.3. The molecule has 1 aliphatic rings. The van der Waals surface area contributed by atoms with Crippen molar-refractivity contribution in [3.8, 4) is 17.2 Å². The molecule has 34 heavy (non-hydrogen) atoms. The number of carbonyl (C=O) groups excluding carboxylic acids is 1. The highest BCUT2D eigenvalue weighted by Gasteiger charge is 2.25. The number of carbonyl (C=O) groups is 1. The molecule has 1 saturated heterocycles. The van der Waals surface area contributed by atoms with Gasteiger partial charge in [-0.25, -0.2) is 0 Å². The van der Waals surface area contributed by atoms with E-state index in [-0.39, 0.29) is 5.91 Å². The Bertz CT molecular complexity index is 1040. The van der Waals surface area contributed by atoms with E-state index in [1.807, 2.05) is 41.3 Å². The van der Waals surface area contributed by atoms with Crippen molar-refractivity contribution in [1.82, 2.24) is 9.80 Å². The molecule has 3 aromatic rings. The summed E-state index contributed by atoms with van der Waals surface area (Å²) in [5.74, 6) is 1.45. The number of amides is 1. The van der Waals surface area contributed by atoms with Crippen LogP contribution in [0.25, 0.3) is 0 Å². The molecule has 0 saturated carbocycles. The molecule has 1 aliphatic heterocycles. The largest absolute Gasteiger partial charge is 0.493 e. The van der Waals surface area contributed by atoms with Crippen LogP contribution in [0.2, 0.25) is 0 Å². The molecule has 0 unspecified atom stereocenters. The van der Waals surface area contributed by atoms with Crippen LogP contribution in [-0.2, 0) is 13.0 Å². The van der Waals surface area contributed by atoms with Crippen molar-refractivity contribution >= 4 is 5.91 Å². The number of hydrogen-bond acceptors (Lipinski definition) is 5. The molecular weight excluding hydrogens is 428 g/mol. The van der Waals surface area contributed by atoms with Gasteiger partial charge < -0.3 is 19.1 Å². The second-order valence-corrected chi connectivity index (χ2v) is 8.35. The molecule has 1 fully saturated rings. The molecule has 0 bridgehead atoms. The zero-order valence-corrected chi connectivity index (χ0v) is 19.9. The molecule has 0 atom stereocenters. The first-order valence-electron chi connectivity index (χ1n) is 11.7. The number of nitrogens with zero attached hydrogens (tertiary/aromatic N) is 2. The minimum Gasteiger partial charge on any atom is -0.493 e. The van der Waals surface area contributed by atoms with Crippen molar-refractivity contribution in [3.05, 3.63) is 89.5 Å². The SMILES string of the molecule is COc1cc(C(=O)N2CCN(CCc3ccccc3)CC2)cc(OC)c1OCc1ccccc1. The highest BCUT2D eigenvalue weighted by molar-refractivity contribution is 5.95. The van der Waals surface area contributed by atoms with Crippen LogP contribution in [-0.4, -0.2) is 62.7 Å². The van der Waals surface area contributed by atoms with E-state index in [9.17, 15) is 4.79 Å². The van der Waals surface area contributed by atoms with Crippen molar-refractivity contribution in [2.75, 3.05) is 46.9 Å². The summed E-state index contributed by atoms with van der Waals surface area (Å²) in [6.45, 7) is 4.51. The lowest BCUT2D eigenvalue weighted by molar-refractivity contribution is 0.0637. The number of ether oxygens (including phenoxy) is 3. The van der Waals surface area contributed by atoms with E-state index in [0.29, 0.717) is 42.5 Å². The number of benzene rings is 3. The summed E-state index contributed by atoms with van der Waals surface area (Å²) in [6.07, 6.45) is 1.02. The molecule has 4 rings (SSSR count). The predicted octanol–water partition coefficient (Wildman–Crippen LogP) is 4.28. The Kier molecular flexibility index (Phi) is 8.04. The quantitative estimate of drug-likeness (QED) is 0.477. The van der Waals surface area contributed by atoms with Gasteiger partial charge in [0.2, 0.25) is 5.75 Å². The summed E-state index contributed by atoms with van der Waals surface area (Å²) in [6, 6.07) is 23.9. The summed E-state index contributed by atoms with van der Waals surface area (Å²) < 4.78 is 17.1. The van der Waals surface area contributed by atoms with Crippen molar-refractivity contribution < 1.29 is 19.0 Å². The van der Waals surface area contributed by atoms with Crippen molar-refractivity contribution in [2.24, 2.45) is 0 Å². The first-order valence-corrected chi connectivity index (χ1v) is 11.7. The summed E-state index contributed by atoms with van der Waals surface area (Å²) in [5.41, 5.74) is 2.92. The zero-order valence-electron chi connectivity index (χ0n) is 19.9. The summed E-state index contributed by atoms with van der Waals surface area (Å²) in [4.78, 5) is 17.6. The Hall–Kier alpha value is -3.51. The van der Waals surface area contributed by atoms with E-state index in [1.165, 1.54) is 5.56 Å². The monoisotopic (exact) mass is 460 g/mol. The molecule has 0 N–H and O–H groups in total. The van der Waals surface area contributed by atoms with Gasteiger partial charge in [-0.2, -0.15) is 0 Å². The van der Waals surface area contributed by atoms with Crippen LogP contribution in [0.1, 0.15) is 21.5 Å². The van der Waals surface area contributed by atoms with Crippen LogP contribution in [0.3, 0.4) is 0 Å². The van der Waals surface area contributed by atoms with Gasteiger partial charge in [0, 0.05) is 38.3 Å². The molecule has 0 aliphatic carbocycles. The summed E-state index contributed by atoms with van der Waals surface area (Å²) >= 11 is 0. The van der Waals surface area contributed by atoms with Gasteiger partial charge in [-0.3, -0.25) is 9.69 Å². The normalized spacial score (nSPS) is 14.0. The Labute approximate surface area is 201 Å². The summed E-state index contributed by atoms with van der Waals surface area (Å²) in [7, 11) is 3.15. The van der Waals surface area contributed by atoms with Crippen molar-refractivity contribution in [2.45, 2.75) is 13.0 Å². The van der Waals surface area contributed by atoms with E-state index < -0.39 is 0 Å². The third-order valence-electron chi connectivity index (χ3n) is 6.15. The lowest BCUT2D eigenvalue weighted by Gasteiger charge is -2.35. The van der Waals surface area contributed by atoms with Crippen LogP contribution in [0.4, 0.5) is 0 Å². The van der Waals surface area contributed by atoms with Gasteiger partial charge in [-0.15, -0.1) is 0 Å². The molecule has 1 heterocycles. The maximum absolute atomic E-state index is 13.3. The second kappa shape index (κ2) is 11.6. The topological polar surface area (TPSA) is 51.2 Å². The van der Waals surface area contributed by atoms with Gasteiger partial charge in [0.25, 0.3) is 5.91 Å². The lowest BCUT2D eigenvalue weighted by atomic mass is 10.1. The fraction of sp³-hybridized carbons (Fsp3) is 0.321. The smallest absolute Gasteiger partial charge is 0.254 e. The standard InChI is InChI=1S/C28H32N2O4/c1-32-25-19-24(20-26(33-2)27(25)34-21-23-11-7-4-8-12-23)28(31)30-17-15-29(16-18-30)14-13-22-9-5-3-6-10-22/h3-12,19-20H,13-18,21H2,1-2H3. The van der Waals surface area contributed by atoms with Gasteiger partial charge in [0.1, 0.15) is 6.61 Å². The predicted molar refractivity (Wildman–Crippen MR) is 133 cm³/mol. The summed E-state index contributed by atoms with van der Waals surface area (Å²) in [5, 5.41) is 0. The minimum absolute atomic E-state index is 0.0195. The zero-order chi connectivity index (χ0) is 23.8. The van der Waals surface area contributed by atoms with Crippen molar-refractivity contribution in [1.29, 1.82) is 0 Å². The highest BCUT2D eigenvalue weighted by atomic mass is 16.5. The molecule has 6 heteroatoms. The maximum Gasteiger partial charge on any atom is 0.254 e. The first kappa shape index (κ1) is 23.6. The van der Waals surface area contributed by atoms with Gasteiger partial charge in [0.05, 0.1) is 14.2 Å². The molecule has 178 valence electrons. The first-order chi connectivity index (χ1) is 16.7. The lowest BCUT2D eigenvalue weighted by Crippen LogP contribution is -2.49. The number of piperazine rings is 1. The van der Waals surface area contributed by atoms with E-state index in [0.717, 1.165) is 31.6 Å². The number of hydrogen-bond donors (Lipinski definition) is 0. The molecule has 3 aromatic carbocycles. The van der Waals surface area contributed by atoms with E-state index >= 15 is 0 Å². The Morgan fingerprint density at radius 2 is 1.35 bits per heavy atom. The molecule has 0 aromatic heterocycles. The van der Waals surface area contributed by atoms with Crippen LogP contribution >= 0.6 is 0 Å². The van der Waals surface area contributed by atoms with Crippen LogP contribution in [0.15, 0.2) is 72.8 Å². The average molecular weight is 461 g/mol. The van der Waals surface area contributed by atoms with Crippen molar-refractivity contribution in [3.63, 3.8) is 0 Å². The van der Waals surface area contributed by atoms with Crippen LogP contribution < -0.4 is 14.2 Å². The molecule has 0 radical (unpaired) electrons. The average Bonchev–Trinajstić information content (AvgIpc) is 2.91. The second-order valence-electron chi connectivity index (χ2n) is 8.35. The fourth-order valence-electron chi connectivity index (χ4n) is 4.16. The third kappa shape index (κ3) is 5.88. The molecule has 0 spiro atoms. The van der Waals surface area contributed by atoms with Crippen LogP contribution in [0.5, 0.6) is 17.2 Å². The van der Waals surface area contributed by atoms with E-state index in [4.69, 9.17) is 14.2 Å². The Morgan fingerprint density at radius 3 is 1.91 bits per heavy atom. The van der Waals surface area contributed by atoms with E-state index in [1.54, 1.807) is 26.4 Å². The van der Waals surface area contributed by atoms with Crippen LogP contribution in [0, 0.1) is 0 Å². The number of methoxy groups -OCH3 is 2. The van der Waals surface area contributed by atoms with E-state index in [2.05, 4.69) is 29.2 Å². The Morgan fingerprint density at radius 1 is 0.794 bits per heavy atom. The van der Waals surface area contributed by atoms with Gasteiger partial charge in [-0.05, 0) is 29.7 Å². The third-order valence-corrected chi connectivity index (χ3v) is 6.15. The molecule has 6 nitrogen and oxygen atoms in total. The minimum atomic E-state index is -0.0195. The Balaban J connectivity index is 1.38.